The van der Waals surface area contributed by atoms with Gasteiger partial charge in [-0.05, 0) is 89.4 Å². The third kappa shape index (κ3) is 30.5. The number of rotatable bonds is 18. The Morgan fingerprint density at radius 2 is 1.08 bits per heavy atom. The van der Waals surface area contributed by atoms with Crippen molar-refractivity contribution in [3.8, 4) is 0 Å². The molecule has 0 unspecified atom stereocenters. The maximum Gasteiger partial charge on any atom is 0.245 e. The maximum atomic E-state index is 12.3. The van der Waals surface area contributed by atoms with Gasteiger partial charge in [0.05, 0.1) is 0 Å². The molecule has 0 aromatic rings. The zero-order valence-electron chi connectivity index (χ0n) is 25.0. The molecule has 8 heteroatoms. The Hall–Kier alpha value is -0.00247. The summed E-state index contributed by atoms with van der Waals surface area (Å²) in [6.45, 7) is 30.5. The summed E-state index contributed by atoms with van der Waals surface area (Å²) in [6, 6.07) is 3.47. The standard InChI is InChI=1S/C21H49NO3Si4.C5H12.4CH4/c1-11-13-18-28(7,8)25-29(9,10)20-15-17-22(21(23)12-2)16-14-19-27(5,6)24-26(3)4;1-3-5-4-2;;;;/h12,26H,2,11,13-20H2,1,3-10H3;3-5H2,1-2H3;4*1H4. The van der Waals surface area contributed by atoms with Gasteiger partial charge in [0.25, 0.3) is 0 Å². The Labute approximate surface area is 248 Å². The van der Waals surface area contributed by atoms with Crippen molar-refractivity contribution < 1.29 is 13.0 Å². The molecule has 0 aliphatic rings. The molecule has 0 aliphatic heterocycles. The topological polar surface area (TPSA) is 38.8 Å². The van der Waals surface area contributed by atoms with Crippen LogP contribution in [0.3, 0.4) is 0 Å². The monoisotopic (exact) mass is 611 g/mol. The molecule has 0 N–H and O–H groups in total. The van der Waals surface area contributed by atoms with Gasteiger partial charge in [-0.3, -0.25) is 4.79 Å². The number of hydrogen-bond donors (Lipinski definition) is 0. The zero-order valence-corrected chi connectivity index (χ0v) is 29.2. The summed E-state index contributed by atoms with van der Waals surface area (Å²) in [6.07, 6.45) is 10.1. The van der Waals surface area contributed by atoms with Gasteiger partial charge in [-0.2, -0.15) is 0 Å². The smallest absolute Gasteiger partial charge is 0.245 e. The van der Waals surface area contributed by atoms with Crippen LogP contribution in [0.25, 0.3) is 0 Å². The number of unbranched alkanes of at least 4 members (excludes halogenated alkanes) is 3. The zero-order chi connectivity index (χ0) is 26.8. The second-order valence-corrected chi connectivity index (χ2v) is 27.7. The van der Waals surface area contributed by atoms with Gasteiger partial charge >= 0.3 is 0 Å². The lowest BCUT2D eigenvalue weighted by Crippen LogP contribution is -2.44. The Morgan fingerprint density at radius 3 is 1.39 bits per heavy atom. The van der Waals surface area contributed by atoms with E-state index in [0.29, 0.717) is 0 Å². The molecule has 0 spiro atoms. The molecule has 0 aromatic carbocycles. The van der Waals surface area contributed by atoms with E-state index in [1.54, 1.807) is 0 Å². The maximum absolute atomic E-state index is 12.3. The van der Waals surface area contributed by atoms with Crippen LogP contribution in [0.4, 0.5) is 0 Å². The van der Waals surface area contributed by atoms with E-state index in [1.165, 1.54) is 44.2 Å². The second kappa shape index (κ2) is 27.2. The average molecular weight is 612 g/mol. The largest absolute Gasteiger partial charge is 0.458 e. The van der Waals surface area contributed by atoms with E-state index < -0.39 is 34.0 Å². The molecule has 0 bridgehead atoms. The highest BCUT2D eigenvalue weighted by molar-refractivity contribution is 6.84. The Balaban J connectivity index is -0.000000259. The van der Waals surface area contributed by atoms with Gasteiger partial charge in [0, 0.05) is 13.1 Å². The Morgan fingerprint density at radius 1 is 0.711 bits per heavy atom. The van der Waals surface area contributed by atoms with Crippen molar-refractivity contribution in [3.05, 3.63) is 12.7 Å². The molecule has 0 atom stereocenters. The van der Waals surface area contributed by atoms with E-state index in [1.807, 2.05) is 4.90 Å². The highest BCUT2D eigenvalue weighted by atomic mass is 28.4. The molecule has 38 heavy (non-hydrogen) atoms. The summed E-state index contributed by atoms with van der Waals surface area (Å²) >= 11 is 0. The molecule has 236 valence electrons. The molecular formula is C30H77NO3Si4. The second-order valence-electron chi connectivity index (χ2n) is 11.7. The van der Waals surface area contributed by atoms with Crippen LogP contribution in [0.5, 0.6) is 0 Å². The predicted molar refractivity (Wildman–Crippen MR) is 191 cm³/mol. The van der Waals surface area contributed by atoms with Gasteiger partial charge in [-0.1, -0.05) is 89.2 Å². The van der Waals surface area contributed by atoms with Crippen LogP contribution < -0.4 is 0 Å². The van der Waals surface area contributed by atoms with Crippen molar-refractivity contribution in [2.45, 2.75) is 166 Å². The molecule has 0 saturated heterocycles. The first kappa shape index (κ1) is 50.8. The van der Waals surface area contributed by atoms with Crippen molar-refractivity contribution in [2.75, 3.05) is 13.1 Å². The van der Waals surface area contributed by atoms with Crippen molar-refractivity contribution in [1.29, 1.82) is 0 Å². The first-order valence-corrected chi connectivity index (χ1v) is 26.1. The van der Waals surface area contributed by atoms with E-state index in [2.05, 4.69) is 79.7 Å². The molecule has 4 nitrogen and oxygen atoms in total. The SMILES string of the molecule is C.C.C.C.C=CC(=O)N(CCC[Si](C)(C)O[SiH](C)C)CCC[Si](C)(C)O[Si](C)(C)CCCC.CCCCC. The molecule has 0 aromatic heterocycles. The van der Waals surface area contributed by atoms with Crippen LogP contribution in [0.15, 0.2) is 12.7 Å². The van der Waals surface area contributed by atoms with Crippen LogP contribution in [-0.4, -0.2) is 57.9 Å². The summed E-state index contributed by atoms with van der Waals surface area (Å²) < 4.78 is 13.0. The fraction of sp³-hybridized carbons (Fsp3) is 0.900. The van der Waals surface area contributed by atoms with Crippen molar-refractivity contribution in [2.24, 2.45) is 0 Å². The molecule has 0 saturated carbocycles. The van der Waals surface area contributed by atoms with Crippen LogP contribution in [0.2, 0.25) is 70.5 Å². The number of nitrogens with zero attached hydrogens (tertiary/aromatic N) is 1. The summed E-state index contributed by atoms with van der Waals surface area (Å²) in [4.78, 5) is 14.3. The summed E-state index contributed by atoms with van der Waals surface area (Å²) in [5, 5.41) is 0. The molecule has 0 heterocycles. The molecule has 1 amide bonds. The first-order valence-electron chi connectivity index (χ1n) is 13.9. The Kier molecular flexibility index (Phi) is 36.3. The number of carbonyl (C=O) groups is 1. The lowest BCUT2D eigenvalue weighted by Gasteiger charge is -2.34. The van der Waals surface area contributed by atoms with Gasteiger partial charge in [-0.25, -0.2) is 0 Å². The molecule has 0 fully saturated rings. The van der Waals surface area contributed by atoms with Crippen LogP contribution in [0.1, 0.15) is 95.4 Å². The van der Waals surface area contributed by atoms with E-state index in [9.17, 15) is 4.79 Å². The third-order valence-electron chi connectivity index (χ3n) is 5.85. The minimum absolute atomic E-state index is 0. The molecular weight excluding hydrogens is 535 g/mol. The van der Waals surface area contributed by atoms with Crippen LogP contribution >= 0.6 is 0 Å². The molecule has 0 rings (SSSR count). The van der Waals surface area contributed by atoms with Gasteiger partial charge in [0.2, 0.25) is 5.91 Å². The van der Waals surface area contributed by atoms with Crippen molar-refractivity contribution in [3.63, 3.8) is 0 Å². The van der Waals surface area contributed by atoms with E-state index in [0.717, 1.165) is 38.0 Å². The lowest BCUT2D eigenvalue weighted by atomic mass is 10.3. The first-order chi connectivity index (χ1) is 15.6. The molecule has 0 aliphatic carbocycles. The van der Waals surface area contributed by atoms with Crippen molar-refractivity contribution >= 4 is 39.9 Å². The third-order valence-corrected chi connectivity index (χ3v) is 19.4. The number of carbonyl (C=O) groups excluding carboxylic acids is 1. The van der Waals surface area contributed by atoms with Gasteiger partial charge in [0.15, 0.2) is 34.0 Å². The summed E-state index contributed by atoms with van der Waals surface area (Å²) in [7, 11) is -5.83. The highest BCUT2D eigenvalue weighted by Gasteiger charge is 2.32. The minimum Gasteiger partial charge on any atom is -0.458 e. The fourth-order valence-electron chi connectivity index (χ4n) is 4.36. The summed E-state index contributed by atoms with van der Waals surface area (Å²) in [5.74, 6) is 0.0571. The predicted octanol–water partition coefficient (Wildman–Crippen LogP) is 11.0. The Bertz CT molecular complexity index is 540. The average Bonchev–Trinajstić information content (AvgIpc) is 2.69. The van der Waals surface area contributed by atoms with E-state index >= 15 is 0 Å². The van der Waals surface area contributed by atoms with Crippen LogP contribution in [-0.2, 0) is 13.0 Å². The van der Waals surface area contributed by atoms with Gasteiger partial charge in [-0.15, -0.1) is 0 Å². The van der Waals surface area contributed by atoms with Crippen LogP contribution in [0, 0.1) is 0 Å². The number of hydrogen-bond acceptors (Lipinski definition) is 3. The van der Waals surface area contributed by atoms with E-state index in [-0.39, 0.29) is 35.6 Å². The lowest BCUT2D eigenvalue weighted by molar-refractivity contribution is -0.126. The minimum atomic E-state index is -1.69. The van der Waals surface area contributed by atoms with Crippen molar-refractivity contribution in [1.82, 2.24) is 4.90 Å². The fourth-order valence-corrected chi connectivity index (χ4v) is 20.0. The normalized spacial score (nSPS) is 11.1. The quantitative estimate of drug-likeness (QED) is 0.114. The van der Waals surface area contributed by atoms with Gasteiger partial charge in [0.1, 0.15) is 0 Å². The summed E-state index contributed by atoms with van der Waals surface area (Å²) in [5.41, 5.74) is 0. The van der Waals surface area contributed by atoms with E-state index in [4.69, 9.17) is 8.23 Å². The highest BCUT2D eigenvalue weighted by Crippen LogP contribution is 2.24. The molecule has 0 radical (unpaired) electrons. The number of amides is 1. The van der Waals surface area contributed by atoms with Gasteiger partial charge < -0.3 is 13.1 Å².